The third-order valence-corrected chi connectivity index (χ3v) is 5.42. The fourth-order valence-corrected chi connectivity index (χ4v) is 3.93. The Morgan fingerprint density at radius 3 is 2.38 bits per heavy atom. The van der Waals surface area contributed by atoms with Gasteiger partial charge in [0.1, 0.15) is 17.0 Å². The topological polar surface area (TPSA) is 32.3 Å². The molecule has 0 aliphatic carbocycles. The van der Waals surface area contributed by atoms with Crippen molar-refractivity contribution in [3.63, 3.8) is 0 Å². The van der Waals surface area contributed by atoms with Crippen molar-refractivity contribution >= 4 is 27.4 Å². The Morgan fingerprint density at radius 2 is 1.69 bits per heavy atom. The molecule has 0 radical (unpaired) electrons. The number of hydrogen-bond acceptors (Lipinski definition) is 5. The number of hydrogen-bond donors (Lipinski definition) is 0. The second-order valence-corrected chi connectivity index (χ2v) is 7.19. The van der Waals surface area contributed by atoms with Gasteiger partial charge in [0.25, 0.3) is 0 Å². The van der Waals surface area contributed by atoms with E-state index < -0.39 is 11.7 Å². The maximum atomic E-state index is 12.6. The lowest BCUT2D eigenvalue weighted by Gasteiger charge is -2.35. The molecule has 3 heterocycles. The molecule has 136 valence electrons. The third kappa shape index (κ3) is 3.52. The van der Waals surface area contributed by atoms with E-state index in [4.69, 9.17) is 0 Å². The van der Waals surface area contributed by atoms with Crippen LogP contribution in [0.1, 0.15) is 11.1 Å². The highest BCUT2D eigenvalue weighted by Gasteiger charge is 2.30. The first-order chi connectivity index (χ1) is 12.5. The minimum atomic E-state index is -4.28. The summed E-state index contributed by atoms with van der Waals surface area (Å²) in [4.78, 5) is 14.2. The highest BCUT2D eigenvalue weighted by atomic mass is 32.1. The molecule has 1 aliphatic heterocycles. The molecular formula is C18H17F3N4S. The molecule has 4 nitrogen and oxygen atoms in total. The Bertz CT molecular complexity index is 883. The van der Waals surface area contributed by atoms with Crippen molar-refractivity contribution in [1.29, 1.82) is 0 Å². The van der Waals surface area contributed by atoms with E-state index in [2.05, 4.69) is 19.8 Å². The molecule has 1 aliphatic rings. The van der Waals surface area contributed by atoms with Gasteiger partial charge in [0.05, 0.1) is 10.9 Å². The molecule has 26 heavy (non-hydrogen) atoms. The lowest BCUT2D eigenvalue weighted by Crippen LogP contribution is -2.46. The molecule has 2 aromatic heterocycles. The van der Waals surface area contributed by atoms with E-state index in [1.807, 2.05) is 11.4 Å². The van der Waals surface area contributed by atoms with Crippen molar-refractivity contribution in [1.82, 2.24) is 14.9 Å². The second kappa shape index (κ2) is 6.85. The molecule has 0 amide bonds. The molecule has 3 aromatic rings. The Hall–Kier alpha value is -2.19. The van der Waals surface area contributed by atoms with Gasteiger partial charge in [0.15, 0.2) is 0 Å². The van der Waals surface area contributed by atoms with E-state index in [0.717, 1.165) is 59.9 Å². The Morgan fingerprint density at radius 1 is 0.962 bits per heavy atom. The van der Waals surface area contributed by atoms with Gasteiger partial charge >= 0.3 is 6.18 Å². The molecule has 4 rings (SSSR count). The van der Waals surface area contributed by atoms with Gasteiger partial charge in [-0.1, -0.05) is 12.1 Å². The molecule has 0 spiro atoms. The molecule has 1 fully saturated rings. The van der Waals surface area contributed by atoms with Crippen LogP contribution in [-0.4, -0.2) is 41.0 Å². The van der Waals surface area contributed by atoms with Crippen LogP contribution in [0.15, 0.2) is 42.0 Å². The number of piperazine rings is 1. The smallest absolute Gasteiger partial charge is 0.353 e. The maximum Gasteiger partial charge on any atom is 0.416 e. The lowest BCUT2D eigenvalue weighted by atomic mass is 10.1. The summed E-state index contributed by atoms with van der Waals surface area (Å²) in [5.74, 6) is 0.963. The number of thiophene rings is 1. The first-order valence-electron chi connectivity index (χ1n) is 8.32. The van der Waals surface area contributed by atoms with Crippen LogP contribution in [0.2, 0.25) is 0 Å². The van der Waals surface area contributed by atoms with Crippen molar-refractivity contribution in [3.8, 4) is 0 Å². The Labute approximate surface area is 152 Å². The number of alkyl halides is 3. The van der Waals surface area contributed by atoms with Crippen LogP contribution in [0.25, 0.3) is 10.2 Å². The van der Waals surface area contributed by atoms with E-state index >= 15 is 0 Å². The fourth-order valence-electron chi connectivity index (χ4n) is 3.20. The average Bonchev–Trinajstić information content (AvgIpc) is 3.11. The van der Waals surface area contributed by atoms with Gasteiger partial charge in [-0.15, -0.1) is 11.3 Å². The van der Waals surface area contributed by atoms with Crippen LogP contribution in [0.3, 0.4) is 0 Å². The van der Waals surface area contributed by atoms with E-state index in [9.17, 15) is 13.2 Å². The summed E-state index contributed by atoms with van der Waals surface area (Å²) in [6.45, 7) is 4.02. The van der Waals surface area contributed by atoms with E-state index in [-0.39, 0.29) is 0 Å². The molecule has 0 saturated carbocycles. The van der Waals surface area contributed by atoms with Crippen molar-refractivity contribution in [2.24, 2.45) is 0 Å². The highest BCUT2D eigenvalue weighted by molar-refractivity contribution is 7.16. The van der Waals surface area contributed by atoms with Gasteiger partial charge in [-0.3, -0.25) is 4.90 Å². The molecule has 1 saturated heterocycles. The summed E-state index contributed by atoms with van der Waals surface area (Å²) in [5.41, 5.74) is 0.295. The number of fused-ring (bicyclic) bond motifs is 1. The van der Waals surface area contributed by atoms with Crippen LogP contribution in [0, 0.1) is 0 Å². The second-order valence-electron chi connectivity index (χ2n) is 6.29. The quantitative estimate of drug-likeness (QED) is 0.689. The number of benzene rings is 1. The van der Waals surface area contributed by atoms with Crippen molar-refractivity contribution < 1.29 is 13.2 Å². The standard InChI is InChI=1S/C18H17F3N4S/c19-18(20,21)14-3-1-13(2-4-14)11-24-6-8-25(9-7-24)16-15-5-10-26-17(15)23-12-22-16/h1-5,10,12H,6-9,11H2. The molecule has 0 unspecified atom stereocenters. The SMILES string of the molecule is FC(F)(F)c1ccc(CN2CCN(c3ncnc4sccc34)CC2)cc1. The molecule has 0 atom stereocenters. The Kier molecular flexibility index (Phi) is 4.54. The zero-order chi connectivity index (χ0) is 18.1. The van der Waals surface area contributed by atoms with Crippen LogP contribution in [0.5, 0.6) is 0 Å². The van der Waals surface area contributed by atoms with Crippen LogP contribution in [0.4, 0.5) is 19.0 Å². The minimum Gasteiger partial charge on any atom is -0.353 e. The zero-order valence-electron chi connectivity index (χ0n) is 13.9. The lowest BCUT2D eigenvalue weighted by molar-refractivity contribution is -0.137. The molecular weight excluding hydrogens is 361 g/mol. The van der Waals surface area contributed by atoms with Gasteiger partial charge < -0.3 is 4.90 Å². The van der Waals surface area contributed by atoms with E-state index in [1.165, 1.54) is 0 Å². The Balaban J connectivity index is 1.39. The van der Waals surface area contributed by atoms with Crippen molar-refractivity contribution in [2.75, 3.05) is 31.1 Å². The summed E-state index contributed by atoms with van der Waals surface area (Å²) in [6.07, 6.45) is -2.68. The average molecular weight is 378 g/mol. The van der Waals surface area contributed by atoms with Gasteiger partial charge in [0.2, 0.25) is 0 Å². The number of nitrogens with zero attached hydrogens (tertiary/aromatic N) is 4. The van der Waals surface area contributed by atoms with Gasteiger partial charge in [-0.2, -0.15) is 13.2 Å². The predicted molar refractivity (Wildman–Crippen MR) is 96.3 cm³/mol. The van der Waals surface area contributed by atoms with Crippen LogP contribution >= 0.6 is 11.3 Å². The number of halogens is 3. The molecule has 1 aromatic carbocycles. The first kappa shape index (κ1) is 17.2. The van der Waals surface area contributed by atoms with Crippen LogP contribution < -0.4 is 4.90 Å². The zero-order valence-corrected chi connectivity index (χ0v) is 14.7. The number of rotatable bonds is 3. The normalized spacial score (nSPS) is 16.3. The van der Waals surface area contributed by atoms with Crippen molar-refractivity contribution in [2.45, 2.75) is 12.7 Å². The third-order valence-electron chi connectivity index (χ3n) is 4.60. The summed E-state index contributed by atoms with van der Waals surface area (Å²) >= 11 is 1.60. The number of anilines is 1. The molecule has 8 heteroatoms. The monoisotopic (exact) mass is 378 g/mol. The van der Waals surface area contributed by atoms with Crippen molar-refractivity contribution in [3.05, 3.63) is 53.2 Å². The van der Waals surface area contributed by atoms with Gasteiger partial charge in [-0.25, -0.2) is 9.97 Å². The number of aromatic nitrogens is 2. The predicted octanol–water partition coefficient (Wildman–Crippen LogP) is 4.03. The molecule has 0 bridgehead atoms. The van der Waals surface area contributed by atoms with Gasteiger partial charge in [-0.05, 0) is 29.1 Å². The summed E-state index contributed by atoms with van der Waals surface area (Å²) < 4.78 is 37.9. The maximum absolute atomic E-state index is 12.6. The molecule has 0 N–H and O–H groups in total. The summed E-state index contributed by atoms with van der Waals surface area (Å²) in [5, 5.41) is 3.10. The summed E-state index contributed by atoms with van der Waals surface area (Å²) in [7, 11) is 0. The van der Waals surface area contributed by atoms with Crippen LogP contribution in [-0.2, 0) is 12.7 Å². The fraction of sp³-hybridized carbons (Fsp3) is 0.333. The first-order valence-corrected chi connectivity index (χ1v) is 9.20. The highest BCUT2D eigenvalue weighted by Crippen LogP contribution is 2.30. The minimum absolute atomic E-state index is 0.602. The van der Waals surface area contributed by atoms with E-state index in [0.29, 0.717) is 6.54 Å². The van der Waals surface area contributed by atoms with E-state index in [1.54, 1.807) is 29.8 Å². The summed E-state index contributed by atoms with van der Waals surface area (Å²) in [6, 6.07) is 7.48. The largest absolute Gasteiger partial charge is 0.416 e. The van der Waals surface area contributed by atoms with Gasteiger partial charge in [0, 0.05) is 32.7 Å².